The number of ether oxygens (including phenoxy) is 1. The second kappa shape index (κ2) is 9.40. The molecule has 1 N–H and O–H groups in total. The molecule has 2 amide bonds. The van der Waals surface area contributed by atoms with Gasteiger partial charge < -0.3 is 15.0 Å². The van der Waals surface area contributed by atoms with Crippen molar-refractivity contribution in [3.8, 4) is 0 Å². The van der Waals surface area contributed by atoms with Gasteiger partial charge in [-0.2, -0.15) is 0 Å². The average Bonchev–Trinajstić information content (AvgIpc) is 3.21. The number of carbonyl (C=O) groups excluding carboxylic acids is 3. The van der Waals surface area contributed by atoms with Crippen molar-refractivity contribution in [2.24, 2.45) is 0 Å². The maximum absolute atomic E-state index is 13.1. The van der Waals surface area contributed by atoms with E-state index in [1.54, 1.807) is 11.4 Å². The van der Waals surface area contributed by atoms with Crippen molar-refractivity contribution >= 4 is 34.8 Å². The molecule has 1 aromatic carbocycles. The summed E-state index contributed by atoms with van der Waals surface area (Å²) in [7, 11) is 1.31. The molecule has 1 aliphatic heterocycles. The third-order valence-corrected chi connectivity index (χ3v) is 6.26. The second-order valence-electron chi connectivity index (χ2n) is 7.76. The molecule has 2 heterocycles. The minimum absolute atomic E-state index is 0.0961. The van der Waals surface area contributed by atoms with E-state index in [1.807, 2.05) is 54.0 Å². The molecule has 1 saturated heterocycles. The third-order valence-electron chi connectivity index (χ3n) is 5.37. The molecule has 30 heavy (non-hydrogen) atoms. The minimum Gasteiger partial charge on any atom is -0.465 e. The molecule has 8 heteroatoms. The van der Waals surface area contributed by atoms with Crippen LogP contribution in [0.25, 0.3) is 0 Å². The van der Waals surface area contributed by atoms with Gasteiger partial charge in [-0.3, -0.25) is 14.5 Å². The Kier molecular flexibility index (Phi) is 6.89. The summed E-state index contributed by atoms with van der Waals surface area (Å²) in [6, 6.07) is 11.5. The molecule has 0 radical (unpaired) electrons. The number of rotatable bonds is 6. The van der Waals surface area contributed by atoms with Crippen LogP contribution in [0.1, 0.15) is 29.1 Å². The van der Waals surface area contributed by atoms with Gasteiger partial charge in [0.05, 0.1) is 24.8 Å². The van der Waals surface area contributed by atoms with Crippen LogP contribution in [0.15, 0.2) is 41.8 Å². The molecule has 0 spiro atoms. The summed E-state index contributed by atoms with van der Waals surface area (Å²) in [6.07, 6.45) is 0. The van der Waals surface area contributed by atoms with E-state index in [1.165, 1.54) is 18.4 Å². The first-order valence-corrected chi connectivity index (χ1v) is 10.7. The monoisotopic (exact) mass is 429 g/mol. The summed E-state index contributed by atoms with van der Waals surface area (Å²) >= 11 is 1.23. The lowest BCUT2D eigenvalue weighted by molar-refractivity contribution is -0.138. The highest BCUT2D eigenvalue weighted by Crippen LogP contribution is 2.26. The lowest BCUT2D eigenvalue weighted by Gasteiger charge is -2.38. The van der Waals surface area contributed by atoms with Gasteiger partial charge in [-0.15, -0.1) is 11.3 Å². The van der Waals surface area contributed by atoms with Gasteiger partial charge in [0.25, 0.3) is 0 Å². The largest absolute Gasteiger partial charge is 0.465 e. The first-order valence-electron chi connectivity index (χ1n) is 9.86. The fourth-order valence-corrected chi connectivity index (χ4v) is 4.30. The van der Waals surface area contributed by atoms with Crippen LogP contribution in [-0.4, -0.2) is 67.4 Å². The summed E-state index contributed by atoms with van der Waals surface area (Å²) in [5, 5.41) is 4.52. The summed E-state index contributed by atoms with van der Waals surface area (Å²) < 4.78 is 4.73. The molecule has 3 rings (SSSR count). The van der Waals surface area contributed by atoms with Crippen molar-refractivity contribution < 1.29 is 19.1 Å². The van der Waals surface area contributed by atoms with E-state index < -0.39 is 11.4 Å². The Labute approximate surface area is 180 Å². The summed E-state index contributed by atoms with van der Waals surface area (Å²) in [5.41, 5.74) is 0.869. The number of methoxy groups -OCH3 is 1. The van der Waals surface area contributed by atoms with Crippen LogP contribution in [0.2, 0.25) is 0 Å². The average molecular weight is 430 g/mol. The van der Waals surface area contributed by atoms with E-state index in [2.05, 4.69) is 5.32 Å². The number of esters is 1. The van der Waals surface area contributed by atoms with Gasteiger partial charge in [0.1, 0.15) is 4.88 Å². The first-order chi connectivity index (χ1) is 14.3. The van der Waals surface area contributed by atoms with Crippen molar-refractivity contribution in [2.45, 2.75) is 19.3 Å². The van der Waals surface area contributed by atoms with Gasteiger partial charge in [-0.1, -0.05) is 30.3 Å². The molecule has 160 valence electrons. The number of hydrogen-bond donors (Lipinski definition) is 1. The topological polar surface area (TPSA) is 79.0 Å². The fraction of sp³-hybridized carbons (Fsp3) is 0.409. The van der Waals surface area contributed by atoms with Crippen molar-refractivity contribution in [1.29, 1.82) is 0 Å². The lowest BCUT2D eigenvalue weighted by Crippen LogP contribution is -2.54. The van der Waals surface area contributed by atoms with Crippen molar-refractivity contribution in [1.82, 2.24) is 9.80 Å². The zero-order valence-electron chi connectivity index (χ0n) is 17.5. The predicted molar refractivity (Wildman–Crippen MR) is 117 cm³/mol. The van der Waals surface area contributed by atoms with E-state index in [9.17, 15) is 14.4 Å². The number of amides is 2. The standard InChI is InChI=1S/C22H27N3O4S/c1-22(2,16-7-5-4-6-8-16)21(28)25-12-10-24(11-13-25)15-18(26)23-17-9-14-30-19(17)20(27)29-3/h4-9,14H,10-13,15H2,1-3H3,(H,23,26). The van der Waals surface area contributed by atoms with Crippen molar-refractivity contribution in [3.05, 3.63) is 52.2 Å². The summed E-state index contributed by atoms with van der Waals surface area (Å²) in [4.78, 5) is 41.5. The third kappa shape index (κ3) is 4.88. The Morgan fingerprint density at radius 2 is 1.73 bits per heavy atom. The number of carbonyl (C=O) groups is 3. The van der Waals surface area contributed by atoms with Gasteiger partial charge in [0.2, 0.25) is 11.8 Å². The van der Waals surface area contributed by atoms with E-state index in [0.29, 0.717) is 36.7 Å². The molecule has 1 aromatic heterocycles. The number of anilines is 1. The Bertz CT molecular complexity index is 902. The number of piperazine rings is 1. The van der Waals surface area contributed by atoms with Crippen LogP contribution in [0.4, 0.5) is 5.69 Å². The number of benzene rings is 1. The Morgan fingerprint density at radius 3 is 2.37 bits per heavy atom. The molecule has 0 unspecified atom stereocenters. The van der Waals surface area contributed by atoms with Crippen LogP contribution < -0.4 is 5.32 Å². The Morgan fingerprint density at radius 1 is 1.07 bits per heavy atom. The fourth-order valence-electron chi connectivity index (χ4n) is 3.53. The van der Waals surface area contributed by atoms with Crippen LogP contribution in [0.3, 0.4) is 0 Å². The number of nitrogens with one attached hydrogen (secondary N) is 1. The van der Waals surface area contributed by atoms with Gasteiger partial charge in [-0.25, -0.2) is 4.79 Å². The zero-order valence-corrected chi connectivity index (χ0v) is 18.3. The highest BCUT2D eigenvalue weighted by molar-refractivity contribution is 7.12. The van der Waals surface area contributed by atoms with Crippen molar-refractivity contribution in [2.75, 3.05) is 45.2 Å². The number of nitrogens with zero attached hydrogens (tertiary/aromatic N) is 2. The van der Waals surface area contributed by atoms with Crippen LogP contribution >= 0.6 is 11.3 Å². The molecule has 1 aliphatic rings. The molecule has 7 nitrogen and oxygen atoms in total. The molecule has 0 bridgehead atoms. The maximum atomic E-state index is 13.1. The number of hydrogen-bond acceptors (Lipinski definition) is 6. The Balaban J connectivity index is 1.52. The van der Waals surface area contributed by atoms with Gasteiger partial charge in [0.15, 0.2) is 0 Å². The Hall–Kier alpha value is -2.71. The van der Waals surface area contributed by atoms with Crippen LogP contribution in [-0.2, 0) is 19.7 Å². The molecule has 0 saturated carbocycles. The van der Waals surface area contributed by atoms with E-state index in [4.69, 9.17) is 4.74 Å². The van der Waals surface area contributed by atoms with Crippen LogP contribution in [0, 0.1) is 0 Å². The quantitative estimate of drug-likeness (QED) is 0.714. The molecular weight excluding hydrogens is 402 g/mol. The number of thiophene rings is 1. The van der Waals surface area contributed by atoms with E-state index >= 15 is 0 Å². The van der Waals surface area contributed by atoms with Crippen LogP contribution in [0.5, 0.6) is 0 Å². The van der Waals surface area contributed by atoms with Gasteiger partial charge in [-0.05, 0) is 30.9 Å². The zero-order chi connectivity index (χ0) is 21.7. The van der Waals surface area contributed by atoms with Gasteiger partial charge >= 0.3 is 5.97 Å². The van der Waals surface area contributed by atoms with Crippen molar-refractivity contribution in [3.63, 3.8) is 0 Å². The van der Waals surface area contributed by atoms with E-state index in [-0.39, 0.29) is 18.4 Å². The normalized spacial score (nSPS) is 15.0. The summed E-state index contributed by atoms with van der Waals surface area (Å²) in [5.74, 6) is -0.560. The molecule has 0 atom stereocenters. The molecular formula is C22H27N3O4S. The smallest absolute Gasteiger partial charge is 0.350 e. The molecule has 1 fully saturated rings. The lowest BCUT2D eigenvalue weighted by atomic mass is 9.83. The highest BCUT2D eigenvalue weighted by Gasteiger charge is 2.35. The summed E-state index contributed by atoms with van der Waals surface area (Å²) in [6.45, 7) is 6.51. The van der Waals surface area contributed by atoms with Gasteiger partial charge in [0, 0.05) is 26.2 Å². The minimum atomic E-state index is -0.593. The molecule has 2 aromatic rings. The molecule has 0 aliphatic carbocycles. The van der Waals surface area contributed by atoms with E-state index in [0.717, 1.165) is 5.56 Å². The maximum Gasteiger partial charge on any atom is 0.350 e. The highest BCUT2D eigenvalue weighted by atomic mass is 32.1. The SMILES string of the molecule is COC(=O)c1sccc1NC(=O)CN1CCN(C(=O)C(C)(C)c2ccccc2)CC1. The predicted octanol–water partition coefficient (Wildman–Crippen LogP) is 2.60. The second-order valence-corrected chi connectivity index (χ2v) is 8.68. The first kappa shape index (κ1) is 22.0.